The van der Waals surface area contributed by atoms with Crippen molar-refractivity contribution >= 4 is 34.9 Å². The summed E-state index contributed by atoms with van der Waals surface area (Å²) in [6.45, 7) is 1.87. The van der Waals surface area contributed by atoms with Gasteiger partial charge in [-0.1, -0.05) is 30.3 Å². The fourth-order valence-electron chi connectivity index (χ4n) is 2.61. The molecule has 2 aromatic heterocycles. The smallest absolute Gasteiger partial charge is 0.415 e. The first-order valence-electron chi connectivity index (χ1n) is 8.94. The van der Waals surface area contributed by atoms with E-state index in [1.165, 1.54) is 13.4 Å². The fraction of sp³-hybridized carbons (Fsp3) is 0.200. The van der Waals surface area contributed by atoms with E-state index in [4.69, 9.17) is 13.9 Å². The van der Waals surface area contributed by atoms with Crippen LogP contribution in [0.2, 0.25) is 0 Å². The minimum Gasteiger partial charge on any atom is -0.486 e. The Morgan fingerprint density at radius 1 is 1.13 bits per heavy atom. The number of amides is 3. The van der Waals surface area contributed by atoms with Gasteiger partial charge < -0.3 is 18.6 Å². The first kappa shape index (κ1) is 20.6. The third-order valence-electron chi connectivity index (χ3n) is 3.89. The Hall–Kier alpha value is -4.08. The maximum Gasteiger partial charge on any atom is 0.415 e. The number of nitrogens with zero attached hydrogens (tertiary/aromatic N) is 1. The lowest BCUT2D eigenvalue weighted by Crippen LogP contribution is -2.35. The number of carbonyl (C=O) groups excluding carboxylic acids is 3. The number of hydrogen-bond acceptors (Lipinski definition) is 8. The van der Waals surface area contributed by atoms with Gasteiger partial charge in [-0.3, -0.25) is 5.32 Å². The highest BCUT2D eigenvalue weighted by Crippen LogP contribution is 2.35. The van der Waals surface area contributed by atoms with Gasteiger partial charge >= 0.3 is 18.1 Å². The van der Waals surface area contributed by atoms with Crippen LogP contribution in [0.25, 0.3) is 11.0 Å². The molecule has 0 saturated carbocycles. The van der Waals surface area contributed by atoms with Crippen molar-refractivity contribution in [3.8, 4) is 5.75 Å². The number of carbonyl (C=O) groups is 3. The molecule has 0 fully saturated rings. The molecule has 2 N–H and O–H groups in total. The van der Waals surface area contributed by atoms with E-state index >= 15 is 0 Å². The average Bonchev–Trinajstić information content (AvgIpc) is 3.23. The summed E-state index contributed by atoms with van der Waals surface area (Å²) in [5.74, 6) is -0.718. The number of hydrogen-bond donors (Lipinski definition) is 2. The molecule has 0 saturated heterocycles. The Morgan fingerprint density at radius 2 is 1.90 bits per heavy atom. The molecule has 2 heterocycles. The van der Waals surface area contributed by atoms with Crippen LogP contribution in [-0.4, -0.2) is 36.8 Å². The number of aromatic nitrogens is 1. The summed E-state index contributed by atoms with van der Waals surface area (Å²) in [5.41, 5.74) is 0.875. The van der Waals surface area contributed by atoms with Gasteiger partial charge in [-0.15, -0.1) is 0 Å². The molecule has 1 aromatic carbocycles. The zero-order valence-electron chi connectivity index (χ0n) is 16.3. The van der Waals surface area contributed by atoms with Crippen LogP contribution in [0.1, 0.15) is 23.0 Å². The second-order valence-electron chi connectivity index (χ2n) is 5.87. The van der Waals surface area contributed by atoms with Gasteiger partial charge in [0, 0.05) is 0 Å². The van der Waals surface area contributed by atoms with E-state index in [0.29, 0.717) is 5.39 Å². The van der Waals surface area contributed by atoms with E-state index in [-0.39, 0.29) is 36.1 Å². The van der Waals surface area contributed by atoms with Gasteiger partial charge in [0.2, 0.25) is 0 Å². The van der Waals surface area contributed by atoms with Gasteiger partial charge in [-0.05, 0) is 18.6 Å². The Labute approximate surface area is 171 Å². The molecular formula is C20H19N3O7. The number of ether oxygens (including phenoxy) is 3. The van der Waals surface area contributed by atoms with Crippen LogP contribution in [-0.2, 0) is 16.1 Å². The predicted octanol–water partition coefficient (Wildman–Crippen LogP) is 3.47. The fourth-order valence-corrected chi connectivity index (χ4v) is 2.61. The Morgan fingerprint density at radius 3 is 2.60 bits per heavy atom. The molecule has 10 nitrogen and oxygen atoms in total. The minimum absolute atomic E-state index is 0.0933. The number of fused-ring (bicyclic) bond motifs is 1. The number of methoxy groups -OCH3 is 1. The molecule has 3 amide bonds. The van der Waals surface area contributed by atoms with Crippen molar-refractivity contribution in [3.05, 3.63) is 53.9 Å². The molecule has 0 atom stereocenters. The van der Waals surface area contributed by atoms with Crippen molar-refractivity contribution in [1.29, 1.82) is 0 Å². The number of pyridine rings is 1. The molecule has 0 aliphatic heterocycles. The first-order chi connectivity index (χ1) is 14.5. The summed E-state index contributed by atoms with van der Waals surface area (Å²) in [6, 6.07) is 9.99. The third-order valence-corrected chi connectivity index (χ3v) is 3.89. The van der Waals surface area contributed by atoms with Crippen LogP contribution in [0.4, 0.5) is 15.4 Å². The summed E-state index contributed by atoms with van der Waals surface area (Å²) < 4.78 is 20.7. The van der Waals surface area contributed by atoms with Gasteiger partial charge in [0.15, 0.2) is 22.8 Å². The first-order valence-corrected chi connectivity index (χ1v) is 8.94. The highest BCUT2D eigenvalue weighted by Gasteiger charge is 2.24. The van der Waals surface area contributed by atoms with E-state index in [9.17, 15) is 14.4 Å². The van der Waals surface area contributed by atoms with Crippen molar-refractivity contribution in [1.82, 2.24) is 10.3 Å². The van der Waals surface area contributed by atoms with Crippen LogP contribution in [0, 0.1) is 0 Å². The lowest BCUT2D eigenvalue weighted by atomic mass is 10.2. The zero-order chi connectivity index (χ0) is 21.5. The van der Waals surface area contributed by atoms with Crippen molar-refractivity contribution < 1.29 is 33.0 Å². The normalized spacial score (nSPS) is 10.3. The van der Waals surface area contributed by atoms with Crippen LogP contribution < -0.4 is 15.4 Å². The Kier molecular flexibility index (Phi) is 6.48. The number of nitrogens with one attached hydrogen (secondary N) is 2. The molecule has 0 unspecified atom stereocenters. The molecule has 3 rings (SSSR count). The monoisotopic (exact) mass is 413 g/mol. The molecule has 0 bridgehead atoms. The van der Waals surface area contributed by atoms with Crippen molar-refractivity contribution in [3.63, 3.8) is 0 Å². The van der Waals surface area contributed by atoms with E-state index in [0.717, 1.165) is 5.56 Å². The van der Waals surface area contributed by atoms with Crippen LogP contribution in [0.15, 0.2) is 47.1 Å². The van der Waals surface area contributed by atoms with E-state index in [1.807, 2.05) is 35.6 Å². The Bertz CT molecular complexity index is 1060. The highest BCUT2D eigenvalue weighted by molar-refractivity contribution is 6.06. The number of imide groups is 1. The number of rotatable bonds is 6. The highest BCUT2D eigenvalue weighted by atomic mass is 16.5. The van der Waals surface area contributed by atoms with E-state index in [1.54, 1.807) is 13.0 Å². The number of urea groups is 1. The molecular weight excluding hydrogens is 394 g/mol. The Balaban J connectivity index is 1.94. The zero-order valence-corrected chi connectivity index (χ0v) is 16.3. The summed E-state index contributed by atoms with van der Waals surface area (Å²) in [4.78, 5) is 39.9. The van der Waals surface area contributed by atoms with Gasteiger partial charge in [0.25, 0.3) is 0 Å². The van der Waals surface area contributed by atoms with E-state index < -0.39 is 18.1 Å². The number of benzene rings is 1. The number of anilines is 1. The lowest BCUT2D eigenvalue weighted by Gasteiger charge is -2.13. The largest absolute Gasteiger partial charge is 0.486 e. The molecule has 3 aromatic rings. The average molecular weight is 413 g/mol. The molecule has 10 heteroatoms. The minimum atomic E-state index is -0.929. The third kappa shape index (κ3) is 4.66. The van der Waals surface area contributed by atoms with Crippen molar-refractivity contribution in [2.45, 2.75) is 13.5 Å². The molecule has 156 valence electrons. The summed E-state index contributed by atoms with van der Waals surface area (Å²) in [5, 5.41) is 4.73. The molecule has 0 aliphatic rings. The SMILES string of the molecule is CCOC(=O)NC(=O)Nc1nc(C(=O)OC)c(OCc2ccccc2)c2ccoc12. The quantitative estimate of drug-likeness (QED) is 0.588. The second-order valence-corrected chi connectivity index (χ2v) is 5.87. The van der Waals surface area contributed by atoms with Gasteiger partial charge in [-0.25, -0.2) is 24.7 Å². The standard InChI is InChI=1S/C20H19N3O7/c1-3-28-20(26)23-19(25)22-17-16-13(9-10-29-16)15(14(21-17)18(24)27-2)30-11-12-7-5-4-6-8-12/h4-10H,3,11H2,1-2H3,(H2,21,22,23,25,26). The summed E-state index contributed by atoms with van der Waals surface area (Å²) in [7, 11) is 1.20. The van der Waals surface area contributed by atoms with Gasteiger partial charge in [0.1, 0.15) is 6.61 Å². The molecule has 0 radical (unpaired) electrons. The van der Waals surface area contributed by atoms with Gasteiger partial charge in [0.05, 0.1) is 25.4 Å². The predicted molar refractivity (Wildman–Crippen MR) is 105 cm³/mol. The number of alkyl carbamates (subject to hydrolysis) is 1. The number of furan rings is 1. The maximum absolute atomic E-state index is 12.3. The number of esters is 1. The molecule has 0 spiro atoms. The maximum atomic E-state index is 12.3. The lowest BCUT2D eigenvalue weighted by molar-refractivity contribution is 0.0588. The van der Waals surface area contributed by atoms with E-state index in [2.05, 4.69) is 15.0 Å². The molecule has 30 heavy (non-hydrogen) atoms. The summed E-state index contributed by atoms with van der Waals surface area (Å²) in [6.07, 6.45) is 0.429. The van der Waals surface area contributed by atoms with Crippen molar-refractivity contribution in [2.75, 3.05) is 19.0 Å². The van der Waals surface area contributed by atoms with Crippen molar-refractivity contribution in [2.24, 2.45) is 0 Å². The van der Waals surface area contributed by atoms with Crippen LogP contribution in [0.3, 0.4) is 0 Å². The second kappa shape index (κ2) is 9.41. The van der Waals surface area contributed by atoms with Crippen LogP contribution >= 0.6 is 0 Å². The van der Waals surface area contributed by atoms with Gasteiger partial charge in [-0.2, -0.15) is 0 Å². The summed E-state index contributed by atoms with van der Waals surface area (Å²) >= 11 is 0. The van der Waals surface area contributed by atoms with Crippen LogP contribution in [0.5, 0.6) is 5.75 Å². The topological polar surface area (TPSA) is 129 Å². The molecule has 0 aliphatic carbocycles.